The second kappa shape index (κ2) is 6.28. The molecule has 23 heavy (non-hydrogen) atoms. The molecule has 0 aliphatic heterocycles. The molecule has 120 valence electrons. The summed E-state index contributed by atoms with van der Waals surface area (Å²) < 4.78 is 5.30. The smallest absolute Gasteiger partial charge is 0.311 e. The average molecular weight is 313 g/mol. The van der Waals surface area contributed by atoms with Gasteiger partial charge in [0.15, 0.2) is 0 Å². The number of carbonyl (C=O) groups excluding carboxylic acids is 1. The molecule has 0 radical (unpaired) electrons. The zero-order chi connectivity index (χ0) is 16.4. The van der Waals surface area contributed by atoms with Crippen molar-refractivity contribution in [3.05, 3.63) is 59.0 Å². The van der Waals surface area contributed by atoms with Crippen LogP contribution in [0.4, 0.5) is 0 Å². The topological polar surface area (TPSA) is 70.7 Å². The Labute approximate surface area is 134 Å². The van der Waals surface area contributed by atoms with Crippen LogP contribution in [0.15, 0.2) is 41.0 Å². The first kappa shape index (κ1) is 15.3. The predicted molar refractivity (Wildman–Crippen MR) is 84.1 cm³/mol. The molecular formula is C18H19NO4. The van der Waals surface area contributed by atoms with Crippen molar-refractivity contribution >= 4 is 11.9 Å². The number of furan rings is 1. The molecule has 3 rings (SSSR count). The molecule has 1 amide bonds. The minimum Gasteiger partial charge on any atom is -0.481 e. The normalized spacial score (nSPS) is 13.8. The Morgan fingerprint density at radius 2 is 1.96 bits per heavy atom. The van der Waals surface area contributed by atoms with Crippen LogP contribution in [0.5, 0.6) is 0 Å². The van der Waals surface area contributed by atoms with Crippen LogP contribution < -0.4 is 0 Å². The first-order valence-electron chi connectivity index (χ1n) is 7.70. The van der Waals surface area contributed by atoms with Crippen LogP contribution in [-0.2, 0) is 17.8 Å². The van der Waals surface area contributed by atoms with Crippen molar-refractivity contribution in [3.63, 3.8) is 0 Å². The van der Waals surface area contributed by atoms with Crippen LogP contribution in [0.1, 0.15) is 40.1 Å². The molecule has 1 aromatic carbocycles. The standard InChI is InChI=1S/C18H19NO4/c1-12-11-23-15(9-16(20)21)17(12)18(22)19(14-7-8-14)10-13-5-3-2-4-6-13/h2-6,11,14H,7-10H2,1H3,(H,20,21). The highest BCUT2D eigenvalue weighted by Gasteiger charge is 2.35. The van der Waals surface area contributed by atoms with Gasteiger partial charge >= 0.3 is 5.97 Å². The van der Waals surface area contributed by atoms with E-state index in [0.29, 0.717) is 17.7 Å². The highest BCUT2D eigenvalue weighted by atomic mass is 16.4. The molecule has 1 heterocycles. The molecule has 0 bridgehead atoms. The minimum atomic E-state index is -1.01. The maximum atomic E-state index is 13.0. The average Bonchev–Trinajstić information content (AvgIpc) is 3.30. The van der Waals surface area contributed by atoms with Crippen LogP contribution in [-0.4, -0.2) is 27.9 Å². The Kier molecular flexibility index (Phi) is 4.19. The van der Waals surface area contributed by atoms with Crippen LogP contribution in [0.25, 0.3) is 0 Å². The van der Waals surface area contributed by atoms with Gasteiger partial charge in [-0.3, -0.25) is 9.59 Å². The highest BCUT2D eigenvalue weighted by Crippen LogP contribution is 2.31. The molecule has 1 aliphatic carbocycles. The van der Waals surface area contributed by atoms with Gasteiger partial charge in [-0.15, -0.1) is 0 Å². The summed E-state index contributed by atoms with van der Waals surface area (Å²) >= 11 is 0. The number of aryl methyl sites for hydroxylation is 1. The van der Waals surface area contributed by atoms with Gasteiger partial charge in [-0.1, -0.05) is 30.3 Å². The van der Waals surface area contributed by atoms with Crippen molar-refractivity contribution in [1.29, 1.82) is 0 Å². The summed E-state index contributed by atoms with van der Waals surface area (Å²) in [4.78, 5) is 25.8. The summed E-state index contributed by atoms with van der Waals surface area (Å²) in [6.07, 6.45) is 3.16. The zero-order valence-electron chi connectivity index (χ0n) is 13.0. The fourth-order valence-electron chi connectivity index (χ4n) is 2.73. The quantitative estimate of drug-likeness (QED) is 0.890. The summed E-state index contributed by atoms with van der Waals surface area (Å²) in [5, 5.41) is 8.99. The number of aliphatic carboxylic acids is 1. The maximum Gasteiger partial charge on any atom is 0.311 e. The van der Waals surface area contributed by atoms with E-state index in [1.54, 1.807) is 6.92 Å². The van der Waals surface area contributed by atoms with Crippen LogP contribution in [0, 0.1) is 6.92 Å². The summed E-state index contributed by atoms with van der Waals surface area (Å²) in [5.74, 6) is -0.910. The lowest BCUT2D eigenvalue weighted by Gasteiger charge is -2.23. The third-order valence-electron chi connectivity index (χ3n) is 4.02. The van der Waals surface area contributed by atoms with Crippen molar-refractivity contribution in [3.8, 4) is 0 Å². The number of hydrogen-bond acceptors (Lipinski definition) is 3. The highest BCUT2D eigenvalue weighted by molar-refractivity contribution is 5.97. The first-order chi connectivity index (χ1) is 11.1. The van der Waals surface area contributed by atoms with E-state index in [-0.39, 0.29) is 24.1 Å². The molecular weight excluding hydrogens is 294 g/mol. The van der Waals surface area contributed by atoms with Gasteiger partial charge in [0.05, 0.1) is 11.8 Å². The molecule has 1 aliphatic rings. The number of carboxylic acids is 1. The number of benzene rings is 1. The Hall–Kier alpha value is -2.56. The molecule has 0 atom stereocenters. The predicted octanol–water partition coefficient (Wildman–Crippen LogP) is 3.02. The van der Waals surface area contributed by atoms with Crippen molar-refractivity contribution < 1.29 is 19.1 Å². The second-order valence-electron chi connectivity index (χ2n) is 5.94. The maximum absolute atomic E-state index is 13.0. The summed E-state index contributed by atoms with van der Waals surface area (Å²) in [6.45, 7) is 2.30. The fourth-order valence-corrected chi connectivity index (χ4v) is 2.73. The summed E-state index contributed by atoms with van der Waals surface area (Å²) in [6, 6.07) is 10.0. The van der Waals surface area contributed by atoms with Crippen LogP contribution in [0.2, 0.25) is 0 Å². The Bertz CT molecular complexity index is 716. The molecule has 2 aromatic rings. The lowest BCUT2D eigenvalue weighted by Crippen LogP contribution is -2.33. The summed E-state index contributed by atoms with van der Waals surface area (Å²) in [7, 11) is 0. The van der Waals surface area contributed by atoms with Crippen molar-refractivity contribution in [2.75, 3.05) is 0 Å². The van der Waals surface area contributed by atoms with Gasteiger partial charge in [-0.25, -0.2) is 0 Å². The molecule has 1 fully saturated rings. The van der Waals surface area contributed by atoms with Crippen molar-refractivity contribution in [2.24, 2.45) is 0 Å². The monoisotopic (exact) mass is 313 g/mol. The number of carboxylic acid groups (broad SMARTS) is 1. The largest absolute Gasteiger partial charge is 0.481 e. The van der Waals surface area contributed by atoms with Gasteiger partial charge < -0.3 is 14.4 Å². The zero-order valence-corrected chi connectivity index (χ0v) is 13.0. The number of hydrogen-bond donors (Lipinski definition) is 1. The lowest BCUT2D eigenvalue weighted by molar-refractivity contribution is -0.136. The van der Waals surface area contributed by atoms with E-state index in [4.69, 9.17) is 9.52 Å². The first-order valence-corrected chi connectivity index (χ1v) is 7.70. The SMILES string of the molecule is Cc1coc(CC(=O)O)c1C(=O)N(Cc1ccccc1)C1CC1. The number of carbonyl (C=O) groups is 2. The molecule has 1 N–H and O–H groups in total. The molecule has 1 aromatic heterocycles. The molecule has 0 spiro atoms. The second-order valence-corrected chi connectivity index (χ2v) is 5.94. The lowest BCUT2D eigenvalue weighted by atomic mass is 10.1. The van der Waals surface area contributed by atoms with E-state index < -0.39 is 5.97 Å². The molecule has 5 heteroatoms. The van der Waals surface area contributed by atoms with Crippen molar-refractivity contribution in [2.45, 2.75) is 38.8 Å². The van der Waals surface area contributed by atoms with E-state index in [0.717, 1.165) is 18.4 Å². The van der Waals surface area contributed by atoms with E-state index >= 15 is 0 Å². The number of nitrogens with zero attached hydrogens (tertiary/aromatic N) is 1. The molecule has 5 nitrogen and oxygen atoms in total. The van der Waals surface area contributed by atoms with Crippen LogP contribution in [0.3, 0.4) is 0 Å². The third-order valence-corrected chi connectivity index (χ3v) is 4.02. The van der Waals surface area contributed by atoms with E-state index in [1.807, 2.05) is 35.2 Å². The molecule has 1 saturated carbocycles. The van der Waals surface area contributed by atoms with Gasteiger partial charge in [0.1, 0.15) is 12.2 Å². The Balaban J connectivity index is 1.87. The van der Waals surface area contributed by atoms with Gasteiger partial charge in [0, 0.05) is 18.2 Å². The Morgan fingerprint density at radius 1 is 1.26 bits per heavy atom. The van der Waals surface area contributed by atoms with Gasteiger partial charge in [-0.05, 0) is 25.3 Å². The summed E-state index contributed by atoms with van der Waals surface area (Å²) in [5.41, 5.74) is 2.15. The Morgan fingerprint density at radius 3 is 2.57 bits per heavy atom. The molecule has 0 saturated heterocycles. The van der Waals surface area contributed by atoms with Crippen molar-refractivity contribution in [1.82, 2.24) is 4.90 Å². The van der Waals surface area contributed by atoms with Gasteiger partial charge in [0.2, 0.25) is 0 Å². The minimum absolute atomic E-state index is 0.140. The van der Waals surface area contributed by atoms with E-state index in [1.165, 1.54) is 6.26 Å². The molecule has 0 unspecified atom stereocenters. The van der Waals surface area contributed by atoms with E-state index in [2.05, 4.69) is 0 Å². The van der Waals surface area contributed by atoms with Gasteiger partial charge in [-0.2, -0.15) is 0 Å². The number of amides is 1. The third kappa shape index (κ3) is 3.44. The van der Waals surface area contributed by atoms with E-state index in [9.17, 15) is 9.59 Å². The fraction of sp³-hybridized carbons (Fsp3) is 0.333. The number of rotatable bonds is 6. The van der Waals surface area contributed by atoms with Crippen LogP contribution >= 0.6 is 0 Å². The van der Waals surface area contributed by atoms with Gasteiger partial charge in [0.25, 0.3) is 5.91 Å².